The van der Waals surface area contributed by atoms with E-state index in [2.05, 4.69) is 12.2 Å². The number of piperidine rings is 1. The summed E-state index contributed by atoms with van der Waals surface area (Å²) in [5.74, 6) is 0.724. The summed E-state index contributed by atoms with van der Waals surface area (Å²) in [6, 6.07) is 0. The van der Waals surface area contributed by atoms with Crippen molar-refractivity contribution < 1.29 is 9.59 Å². The van der Waals surface area contributed by atoms with Crippen molar-refractivity contribution in [3.8, 4) is 0 Å². The van der Waals surface area contributed by atoms with Crippen molar-refractivity contribution in [2.75, 3.05) is 19.6 Å². The second-order valence-corrected chi connectivity index (χ2v) is 6.73. The Morgan fingerprint density at radius 2 is 2.00 bits per heavy atom. The normalized spacial score (nSPS) is 20.5. The van der Waals surface area contributed by atoms with E-state index in [4.69, 9.17) is 0 Å². The molecule has 0 aromatic carbocycles. The van der Waals surface area contributed by atoms with Crippen molar-refractivity contribution in [3.63, 3.8) is 0 Å². The highest BCUT2D eigenvalue weighted by atomic mass is 16.2. The average molecular weight is 268 g/mol. The fraction of sp³-hybridized carbons (Fsp3) is 0.867. The minimum absolute atomic E-state index is 0.0414. The molecule has 1 atom stereocenters. The van der Waals surface area contributed by atoms with Crippen LogP contribution in [0.3, 0.4) is 0 Å². The highest BCUT2D eigenvalue weighted by molar-refractivity contribution is 6.04. The quantitative estimate of drug-likeness (QED) is 0.793. The third-order valence-corrected chi connectivity index (χ3v) is 3.72. The van der Waals surface area contributed by atoms with E-state index in [9.17, 15) is 9.59 Å². The molecule has 0 aromatic heterocycles. The van der Waals surface area contributed by atoms with E-state index in [-0.39, 0.29) is 11.8 Å². The third kappa shape index (κ3) is 4.22. The van der Waals surface area contributed by atoms with Gasteiger partial charge in [0.15, 0.2) is 0 Å². The first kappa shape index (κ1) is 16.0. The first-order chi connectivity index (χ1) is 8.75. The van der Waals surface area contributed by atoms with Crippen molar-refractivity contribution in [2.24, 2.45) is 17.3 Å². The molecule has 1 N–H and O–H groups in total. The molecule has 1 heterocycles. The summed E-state index contributed by atoms with van der Waals surface area (Å²) >= 11 is 0. The fourth-order valence-electron chi connectivity index (χ4n) is 2.38. The molecule has 1 saturated heterocycles. The number of nitrogens with one attached hydrogen (secondary N) is 1. The molecule has 4 nitrogen and oxygen atoms in total. The highest BCUT2D eigenvalue weighted by Gasteiger charge is 2.39. The minimum atomic E-state index is -0.966. The van der Waals surface area contributed by atoms with Gasteiger partial charge in [-0.2, -0.15) is 0 Å². The van der Waals surface area contributed by atoms with E-state index in [0.717, 1.165) is 19.5 Å². The molecule has 1 aliphatic heterocycles. The maximum atomic E-state index is 12.5. The lowest BCUT2D eigenvalue weighted by atomic mass is 9.88. The maximum absolute atomic E-state index is 12.5. The van der Waals surface area contributed by atoms with E-state index >= 15 is 0 Å². The van der Waals surface area contributed by atoms with E-state index < -0.39 is 5.41 Å². The van der Waals surface area contributed by atoms with Crippen LogP contribution in [0.15, 0.2) is 0 Å². The van der Waals surface area contributed by atoms with Gasteiger partial charge in [0.1, 0.15) is 5.41 Å². The van der Waals surface area contributed by atoms with Crippen molar-refractivity contribution in [2.45, 2.75) is 47.5 Å². The summed E-state index contributed by atoms with van der Waals surface area (Å²) < 4.78 is 0. The number of hydrogen-bond acceptors (Lipinski definition) is 2. The molecule has 4 heteroatoms. The molecule has 2 amide bonds. The summed E-state index contributed by atoms with van der Waals surface area (Å²) in [5, 5.41) is 2.87. The van der Waals surface area contributed by atoms with Crippen molar-refractivity contribution in [1.82, 2.24) is 10.2 Å². The molecule has 0 aliphatic carbocycles. The van der Waals surface area contributed by atoms with Crippen LogP contribution in [0.25, 0.3) is 0 Å². The van der Waals surface area contributed by atoms with Crippen LogP contribution in [0, 0.1) is 17.3 Å². The lowest BCUT2D eigenvalue weighted by Crippen LogP contribution is -2.52. The van der Waals surface area contributed by atoms with Gasteiger partial charge in [0.05, 0.1) is 0 Å². The summed E-state index contributed by atoms with van der Waals surface area (Å²) in [6.45, 7) is 11.9. The predicted molar refractivity (Wildman–Crippen MR) is 76.6 cm³/mol. The van der Waals surface area contributed by atoms with Gasteiger partial charge in [-0.05, 0) is 38.5 Å². The lowest BCUT2D eigenvalue weighted by Gasteiger charge is -2.36. The molecule has 19 heavy (non-hydrogen) atoms. The van der Waals surface area contributed by atoms with E-state index in [0.29, 0.717) is 18.4 Å². The van der Waals surface area contributed by atoms with Crippen LogP contribution in [-0.2, 0) is 9.59 Å². The van der Waals surface area contributed by atoms with Crippen LogP contribution in [0.4, 0.5) is 0 Å². The molecular formula is C15H28N2O2. The first-order valence-corrected chi connectivity index (χ1v) is 7.32. The monoisotopic (exact) mass is 268 g/mol. The Kier molecular flexibility index (Phi) is 5.39. The van der Waals surface area contributed by atoms with Gasteiger partial charge in [-0.25, -0.2) is 0 Å². The summed E-state index contributed by atoms with van der Waals surface area (Å²) in [5.41, 5.74) is -0.966. The zero-order valence-electron chi connectivity index (χ0n) is 13.0. The van der Waals surface area contributed by atoms with Crippen LogP contribution in [-0.4, -0.2) is 36.3 Å². The SMILES string of the molecule is CC(C)CNC(=O)C(C)(C)C(=O)N1CCCC(C)C1. The second kappa shape index (κ2) is 6.40. The zero-order chi connectivity index (χ0) is 14.6. The molecule has 0 bridgehead atoms. The smallest absolute Gasteiger partial charge is 0.237 e. The van der Waals surface area contributed by atoms with Crippen molar-refractivity contribution >= 4 is 11.8 Å². The minimum Gasteiger partial charge on any atom is -0.355 e. The van der Waals surface area contributed by atoms with Gasteiger partial charge in [0.25, 0.3) is 0 Å². The number of hydrogen-bond donors (Lipinski definition) is 1. The van der Waals surface area contributed by atoms with Gasteiger partial charge in [-0.3, -0.25) is 9.59 Å². The van der Waals surface area contributed by atoms with Crippen molar-refractivity contribution in [3.05, 3.63) is 0 Å². The average Bonchev–Trinajstić information content (AvgIpc) is 2.34. The molecule has 0 radical (unpaired) electrons. The highest BCUT2D eigenvalue weighted by Crippen LogP contribution is 2.24. The number of carbonyl (C=O) groups excluding carboxylic acids is 2. The molecular weight excluding hydrogens is 240 g/mol. The number of nitrogens with zero attached hydrogens (tertiary/aromatic N) is 1. The van der Waals surface area contributed by atoms with E-state index in [1.165, 1.54) is 6.42 Å². The van der Waals surface area contributed by atoms with Crippen LogP contribution >= 0.6 is 0 Å². The molecule has 0 saturated carbocycles. The Bertz CT molecular complexity index is 337. The zero-order valence-corrected chi connectivity index (χ0v) is 13.0. The molecule has 0 aromatic rings. The molecule has 1 fully saturated rings. The van der Waals surface area contributed by atoms with E-state index in [1.807, 2.05) is 18.7 Å². The Morgan fingerprint density at radius 1 is 1.37 bits per heavy atom. The van der Waals surface area contributed by atoms with Crippen LogP contribution in [0.5, 0.6) is 0 Å². The van der Waals surface area contributed by atoms with Gasteiger partial charge in [-0.15, -0.1) is 0 Å². The number of rotatable bonds is 4. The van der Waals surface area contributed by atoms with Crippen LogP contribution < -0.4 is 5.32 Å². The number of amides is 2. The standard InChI is InChI=1S/C15H28N2O2/c1-11(2)9-16-13(18)15(4,5)14(19)17-8-6-7-12(3)10-17/h11-12H,6-10H2,1-5H3,(H,16,18). The molecule has 1 aliphatic rings. The Morgan fingerprint density at radius 3 is 2.53 bits per heavy atom. The Balaban J connectivity index is 2.64. The first-order valence-electron chi connectivity index (χ1n) is 7.32. The topological polar surface area (TPSA) is 49.4 Å². The molecule has 1 rings (SSSR count). The third-order valence-electron chi connectivity index (χ3n) is 3.72. The van der Waals surface area contributed by atoms with E-state index in [1.54, 1.807) is 13.8 Å². The predicted octanol–water partition coefficient (Wildman–Crippen LogP) is 2.04. The van der Waals surface area contributed by atoms with Crippen LogP contribution in [0.1, 0.15) is 47.5 Å². The van der Waals surface area contributed by atoms with Crippen LogP contribution in [0.2, 0.25) is 0 Å². The summed E-state index contributed by atoms with van der Waals surface area (Å²) in [6.07, 6.45) is 2.21. The van der Waals surface area contributed by atoms with Gasteiger partial charge in [-0.1, -0.05) is 20.8 Å². The molecule has 0 spiro atoms. The maximum Gasteiger partial charge on any atom is 0.237 e. The Labute approximate surface area is 116 Å². The van der Waals surface area contributed by atoms with Crippen molar-refractivity contribution in [1.29, 1.82) is 0 Å². The number of likely N-dealkylation sites (tertiary alicyclic amines) is 1. The summed E-state index contributed by atoms with van der Waals surface area (Å²) in [4.78, 5) is 26.5. The second-order valence-electron chi connectivity index (χ2n) is 6.73. The van der Waals surface area contributed by atoms with Gasteiger partial charge >= 0.3 is 0 Å². The Hall–Kier alpha value is -1.06. The van der Waals surface area contributed by atoms with Gasteiger partial charge in [0.2, 0.25) is 11.8 Å². The number of carbonyl (C=O) groups is 2. The lowest BCUT2D eigenvalue weighted by molar-refractivity contribution is -0.149. The summed E-state index contributed by atoms with van der Waals surface area (Å²) in [7, 11) is 0. The fourth-order valence-corrected chi connectivity index (χ4v) is 2.38. The van der Waals surface area contributed by atoms with Gasteiger partial charge < -0.3 is 10.2 Å². The largest absolute Gasteiger partial charge is 0.355 e. The molecule has 110 valence electrons. The van der Waals surface area contributed by atoms with Gasteiger partial charge in [0, 0.05) is 19.6 Å². The molecule has 1 unspecified atom stereocenters.